The molecule has 0 aliphatic carbocycles. The first-order chi connectivity index (χ1) is 26.6. The van der Waals surface area contributed by atoms with E-state index in [1.54, 1.807) is 0 Å². The Kier molecular flexibility index (Phi) is 43.9. The monoisotopic (exact) mass is 759 g/mol. The van der Waals surface area contributed by atoms with Crippen molar-refractivity contribution in [2.45, 2.75) is 245 Å². The summed E-state index contributed by atoms with van der Waals surface area (Å²) in [6.07, 6.45) is 52.8. The number of esters is 2. The zero-order valence-corrected chi connectivity index (χ0v) is 36.2. The predicted molar refractivity (Wildman–Crippen MR) is 233 cm³/mol. The fourth-order valence-corrected chi connectivity index (χ4v) is 6.60. The van der Waals surface area contributed by atoms with E-state index in [1.807, 2.05) is 0 Å². The van der Waals surface area contributed by atoms with Gasteiger partial charge in [-0.15, -0.1) is 0 Å². The molecule has 0 saturated heterocycles. The molecule has 1 atom stereocenters. The Morgan fingerprint density at radius 1 is 0.407 bits per heavy atom. The van der Waals surface area contributed by atoms with Crippen molar-refractivity contribution < 1.29 is 23.8 Å². The number of hydrogen-bond donors (Lipinski definition) is 0. The van der Waals surface area contributed by atoms with Crippen molar-refractivity contribution in [1.29, 1.82) is 0 Å². The molecule has 0 aliphatic heterocycles. The van der Waals surface area contributed by atoms with Crippen LogP contribution in [-0.4, -0.2) is 37.9 Å². The molecule has 316 valence electrons. The Morgan fingerprint density at radius 3 is 1.33 bits per heavy atom. The second-order valence-corrected chi connectivity index (χ2v) is 15.7. The minimum atomic E-state index is -0.539. The van der Waals surface area contributed by atoms with Crippen LogP contribution < -0.4 is 0 Å². The highest BCUT2D eigenvalue weighted by atomic mass is 16.6. The van der Waals surface area contributed by atoms with E-state index >= 15 is 0 Å². The highest BCUT2D eigenvalue weighted by molar-refractivity contribution is 5.70. The van der Waals surface area contributed by atoms with Gasteiger partial charge in [0.25, 0.3) is 0 Å². The van der Waals surface area contributed by atoms with Crippen LogP contribution in [0.1, 0.15) is 239 Å². The van der Waals surface area contributed by atoms with Gasteiger partial charge in [-0.3, -0.25) is 9.59 Å². The van der Waals surface area contributed by atoms with Gasteiger partial charge in [0.05, 0.1) is 6.61 Å². The molecule has 0 saturated carbocycles. The van der Waals surface area contributed by atoms with Crippen LogP contribution in [0.15, 0.2) is 36.5 Å². The van der Waals surface area contributed by atoms with E-state index in [-0.39, 0.29) is 25.2 Å². The molecule has 0 amide bonds. The number of unbranched alkanes of at least 4 members (excludes halogenated alkanes) is 26. The van der Waals surface area contributed by atoms with Gasteiger partial charge in [-0.1, -0.05) is 192 Å². The summed E-state index contributed by atoms with van der Waals surface area (Å²) in [4.78, 5) is 25.2. The fourth-order valence-electron chi connectivity index (χ4n) is 6.60. The lowest BCUT2D eigenvalue weighted by Gasteiger charge is -2.18. The Bertz CT molecular complexity index is 862. The number of carbonyl (C=O) groups is 2. The molecule has 0 aliphatic rings. The van der Waals surface area contributed by atoms with Crippen LogP contribution in [0.25, 0.3) is 0 Å². The van der Waals surface area contributed by atoms with Crippen molar-refractivity contribution >= 4 is 11.9 Å². The third-order valence-corrected chi connectivity index (χ3v) is 10.1. The molecule has 0 heterocycles. The largest absolute Gasteiger partial charge is 0.462 e. The van der Waals surface area contributed by atoms with Crippen molar-refractivity contribution in [3.63, 3.8) is 0 Å². The average Bonchev–Trinajstić information content (AvgIpc) is 3.17. The molecule has 0 radical (unpaired) electrons. The smallest absolute Gasteiger partial charge is 0.306 e. The summed E-state index contributed by atoms with van der Waals surface area (Å²) >= 11 is 0. The molecule has 0 aromatic heterocycles. The molecular weight excluding hydrogens is 669 g/mol. The predicted octanol–water partition coefficient (Wildman–Crippen LogP) is 15.4. The standard InChI is InChI=1S/C49H90O5/c1-4-7-10-13-16-19-22-25-27-30-33-36-39-42-48(50)53-46-47(45-52-44-41-38-35-32-29-24-21-18-15-12-9-6-3)54-49(51)43-40-37-34-31-28-26-23-20-17-14-11-8-5-2/h10,13,19-20,22-23,47H,4-9,11-12,14-18,21,24-46H2,1-3H3/b13-10-,22-19-,23-20-. The molecular formula is C49H90O5. The quantitative estimate of drug-likeness (QED) is 0.0352. The average molecular weight is 759 g/mol. The Labute approximate surface area is 336 Å². The molecule has 1 unspecified atom stereocenters. The lowest BCUT2D eigenvalue weighted by molar-refractivity contribution is -0.163. The van der Waals surface area contributed by atoms with Crippen molar-refractivity contribution in [1.82, 2.24) is 0 Å². The van der Waals surface area contributed by atoms with E-state index in [4.69, 9.17) is 14.2 Å². The van der Waals surface area contributed by atoms with E-state index in [0.29, 0.717) is 19.4 Å². The van der Waals surface area contributed by atoms with E-state index in [0.717, 1.165) is 64.2 Å². The van der Waals surface area contributed by atoms with Gasteiger partial charge >= 0.3 is 11.9 Å². The summed E-state index contributed by atoms with van der Waals surface area (Å²) in [6, 6.07) is 0. The highest BCUT2D eigenvalue weighted by Crippen LogP contribution is 2.14. The van der Waals surface area contributed by atoms with Crippen molar-refractivity contribution in [2.24, 2.45) is 0 Å². The minimum Gasteiger partial charge on any atom is -0.462 e. The minimum absolute atomic E-state index is 0.0785. The SMILES string of the molecule is CCC/C=C\C/C=C\CCCCCCCC(=O)OCC(COCCCCCCCCCCCCCC)OC(=O)CCCCCCC/C=C\CCCCCC. The molecule has 0 aromatic carbocycles. The van der Waals surface area contributed by atoms with Crippen LogP contribution in [0.5, 0.6) is 0 Å². The van der Waals surface area contributed by atoms with Gasteiger partial charge < -0.3 is 14.2 Å². The Hall–Kier alpha value is -1.88. The van der Waals surface area contributed by atoms with Gasteiger partial charge in [0, 0.05) is 19.4 Å². The van der Waals surface area contributed by atoms with Gasteiger partial charge in [0.1, 0.15) is 6.61 Å². The van der Waals surface area contributed by atoms with Gasteiger partial charge in [-0.25, -0.2) is 0 Å². The van der Waals surface area contributed by atoms with Crippen LogP contribution in [0.3, 0.4) is 0 Å². The Morgan fingerprint density at radius 2 is 0.815 bits per heavy atom. The fraction of sp³-hybridized carbons (Fsp3) is 0.837. The van der Waals surface area contributed by atoms with Crippen molar-refractivity contribution in [3.05, 3.63) is 36.5 Å². The number of carbonyl (C=O) groups excluding carboxylic acids is 2. The topological polar surface area (TPSA) is 61.8 Å². The third kappa shape index (κ3) is 42.9. The summed E-state index contributed by atoms with van der Waals surface area (Å²) in [5.74, 6) is -0.416. The number of ether oxygens (including phenoxy) is 3. The van der Waals surface area contributed by atoms with E-state index in [1.165, 1.54) is 141 Å². The second-order valence-electron chi connectivity index (χ2n) is 15.7. The molecule has 0 spiro atoms. The number of hydrogen-bond acceptors (Lipinski definition) is 5. The van der Waals surface area contributed by atoms with Gasteiger partial charge in [0.15, 0.2) is 6.10 Å². The van der Waals surface area contributed by atoms with Gasteiger partial charge in [-0.05, 0) is 70.6 Å². The van der Waals surface area contributed by atoms with Gasteiger partial charge in [-0.2, -0.15) is 0 Å². The maximum atomic E-state index is 12.7. The third-order valence-electron chi connectivity index (χ3n) is 10.1. The zero-order valence-electron chi connectivity index (χ0n) is 36.2. The molecule has 0 aromatic rings. The molecule has 54 heavy (non-hydrogen) atoms. The summed E-state index contributed by atoms with van der Waals surface area (Å²) in [5, 5.41) is 0. The molecule has 5 heteroatoms. The normalized spacial score (nSPS) is 12.4. The maximum absolute atomic E-state index is 12.7. The Balaban J connectivity index is 4.27. The first-order valence-corrected chi connectivity index (χ1v) is 23.5. The summed E-state index contributed by atoms with van der Waals surface area (Å²) in [7, 11) is 0. The van der Waals surface area contributed by atoms with Gasteiger partial charge in [0.2, 0.25) is 0 Å². The van der Waals surface area contributed by atoms with E-state index in [9.17, 15) is 9.59 Å². The van der Waals surface area contributed by atoms with E-state index in [2.05, 4.69) is 57.2 Å². The summed E-state index contributed by atoms with van der Waals surface area (Å²) in [5.41, 5.74) is 0. The maximum Gasteiger partial charge on any atom is 0.306 e. The van der Waals surface area contributed by atoms with E-state index < -0.39 is 6.10 Å². The highest BCUT2D eigenvalue weighted by Gasteiger charge is 2.17. The molecule has 0 fully saturated rings. The first kappa shape index (κ1) is 52.1. The number of rotatable bonds is 43. The molecule has 0 rings (SSSR count). The molecule has 0 N–H and O–H groups in total. The van der Waals surface area contributed by atoms with Crippen LogP contribution in [0.2, 0.25) is 0 Å². The van der Waals surface area contributed by atoms with Crippen LogP contribution in [0.4, 0.5) is 0 Å². The van der Waals surface area contributed by atoms with Crippen LogP contribution >= 0.6 is 0 Å². The van der Waals surface area contributed by atoms with Crippen molar-refractivity contribution in [3.8, 4) is 0 Å². The molecule has 5 nitrogen and oxygen atoms in total. The summed E-state index contributed by atoms with van der Waals surface area (Å²) in [6.45, 7) is 7.75. The second kappa shape index (κ2) is 45.5. The molecule has 0 bridgehead atoms. The van der Waals surface area contributed by atoms with Crippen molar-refractivity contribution in [2.75, 3.05) is 19.8 Å². The van der Waals surface area contributed by atoms with Crippen LogP contribution in [0, 0.1) is 0 Å². The zero-order chi connectivity index (χ0) is 39.3. The lowest BCUT2D eigenvalue weighted by Crippen LogP contribution is -2.30. The van der Waals surface area contributed by atoms with Crippen LogP contribution in [-0.2, 0) is 23.8 Å². The lowest BCUT2D eigenvalue weighted by atomic mass is 10.1. The summed E-state index contributed by atoms with van der Waals surface area (Å²) < 4.78 is 17.3. The number of allylic oxidation sites excluding steroid dienone is 6. The first-order valence-electron chi connectivity index (χ1n) is 23.5.